The van der Waals surface area contributed by atoms with Crippen LogP contribution in [0, 0.1) is 5.82 Å². The number of halogens is 1. The fourth-order valence-electron chi connectivity index (χ4n) is 3.91. The molecule has 3 heterocycles. The molecule has 2 aliphatic rings. The third-order valence-electron chi connectivity index (χ3n) is 5.43. The number of carbonyl (C=O) groups is 1. The number of hydrogen-bond acceptors (Lipinski definition) is 7. The van der Waals surface area contributed by atoms with Gasteiger partial charge in [0.25, 0.3) is 10.0 Å². The van der Waals surface area contributed by atoms with Gasteiger partial charge < -0.3 is 14.1 Å². The van der Waals surface area contributed by atoms with Crippen LogP contribution in [-0.2, 0) is 26.2 Å². The minimum Gasteiger partial charge on any atom is -0.454 e. The Bertz CT molecular complexity index is 1320. The van der Waals surface area contributed by atoms with E-state index in [1.54, 1.807) is 35.2 Å². The lowest BCUT2D eigenvalue weighted by Gasteiger charge is -2.24. The Morgan fingerprint density at radius 3 is 2.78 bits per heavy atom. The SMILES string of the molecule is O=C(OCc1ncc(-c2ccc(F)cc2)o1)C1CCCN1C1=NS(=O)(=O)c2ccccc21. The molecule has 0 spiro atoms. The Morgan fingerprint density at radius 2 is 1.97 bits per heavy atom. The molecule has 32 heavy (non-hydrogen) atoms. The standard InChI is InChI=1S/C22H18FN3O5S/c23-15-9-7-14(8-10-15)18-12-24-20(31-18)13-30-22(27)17-5-3-11-26(17)21-16-4-1-2-6-19(16)32(28,29)25-21/h1-2,4,6-10,12,17H,3,5,11,13H2. The average Bonchev–Trinajstić information content (AvgIpc) is 3.51. The van der Waals surface area contributed by atoms with Crippen LogP contribution < -0.4 is 0 Å². The predicted molar refractivity (Wildman–Crippen MR) is 112 cm³/mol. The number of benzene rings is 2. The highest BCUT2D eigenvalue weighted by molar-refractivity contribution is 7.90. The van der Waals surface area contributed by atoms with Gasteiger partial charge in [-0.25, -0.2) is 14.2 Å². The van der Waals surface area contributed by atoms with E-state index in [9.17, 15) is 17.6 Å². The van der Waals surface area contributed by atoms with Crippen molar-refractivity contribution in [3.63, 3.8) is 0 Å². The van der Waals surface area contributed by atoms with Gasteiger partial charge in [0.05, 0.1) is 6.20 Å². The molecule has 0 N–H and O–H groups in total. The molecule has 1 atom stereocenters. The number of aromatic nitrogens is 1. The number of carbonyl (C=O) groups excluding carboxylic acids is 1. The first-order valence-electron chi connectivity index (χ1n) is 10.0. The normalized spacial score (nSPS) is 19.0. The second-order valence-electron chi connectivity index (χ2n) is 7.47. The monoisotopic (exact) mass is 455 g/mol. The van der Waals surface area contributed by atoms with Crippen LogP contribution in [0.15, 0.2) is 68.4 Å². The van der Waals surface area contributed by atoms with Gasteiger partial charge in [-0.05, 0) is 49.2 Å². The summed E-state index contributed by atoms with van der Waals surface area (Å²) in [5, 5.41) is 0. The molecule has 1 fully saturated rings. The summed E-state index contributed by atoms with van der Waals surface area (Å²) in [6.07, 6.45) is 2.70. The molecule has 2 aromatic carbocycles. The van der Waals surface area contributed by atoms with Gasteiger partial charge in [-0.2, -0.15) is 8.42 Å². The Labute approximate surface area is 183 Å². The Balaban J connectivity index is 1.29. The molecule has 1 unspecified atom stereocenters. The van der Waals surface area contributed by atoms with Crippen LogP contribution in [0.5, 0.6) is 0 Å². The van der Waals surface area contributed by atoms with E-state index < -0.39 is 22.0 Å². The first kappa shape index (κ1) is 20.4. The zero-order valence-electron chi connectivity index (χ0n) is 16.8. The van der Waals surface area contributed by atoms with Crippen LogP contribution in [-0.4, -0.2) is 42.7 Å². The maximum Gasteiger partial charge on any atom is 0.329 e. The minimum absolute atomic E-state index is 0.141. The van der Waals surface area contributed by atoms with Crippen LogP contribution in [0.4, 0.5) is 4.39 Å². The Hall–Kier alpha value is -3.53. The number of nitrogens with zero attached hydrogens (tertiary/aromatic N) is 3. The van der Waals surface area contributed by atoms with Crippen molar-refractivity contribution in [2.24, 2.45) is 4.40 Å². The van der Waals surface area contributed by atoms with Crippen LogP contribution >= 0.6 is 0 Å². The van der Waals surface area contributed by atoms with Crippen molar-refractivity contribution in [1.29, 1.82) is 0 Å². The van der Waals surface area contributed by atoms with Gasteiger partial charge >= 0.3 is 5.97 Å². The van der Waals surface area contributed by atoms with Crippen LogP contribution in [0.25, 0.3) is 11.3 Å². The number of amidine groups is 1. The molecular formula is C22H18FN3O5S. The van der Waals surface area contributed by atoms with Crippen molar-refractivity contribution in [3.05, 3.63) is 72.0 Å². The number of fused-ring (bicyclic) bond motifs is 1. The molecule has 1 saturated heterocycles. The van der Waals surface area contributed by atoms with E-state index in [0.717, 1.165) is 0 Å². The number of sulfonamides is 1. The van der Waals surface area contributed by atoms with E-state index in [4.69, 9.17) is 9.15 Å². The maximum absolute atomic E-state index is 13.1. The zero-order valence-corrected chi connectivity index (χ0v) is 17.6. The van der Waals surface area contributed by atoms with Crippen molar-refractivity contribution in [1.82, 2.24) is 9.88 Å². The van der Waals surface area contributed by atoms with Crippen molar-refractivity contribution in [2.75, 3.05) is 6.54 Å². The quantitative estimate of drug-likeness (QED) is 0.557. The molecule has 0 bridgehead atoms. The van der Waals surface area contributed by atoms with Gasteiger partial charge in [0.2, 0.25) is 5.89 Å². The lowest BCUT2D eigenvalue weighted by Crippen LogP contribution is -2.41. The molecule has 2 aliphatic heterocycles. The highest BCUT2D eigenvalue weighted by Gasteiger charge is 2.40. The molecule has 0 saturated carbocycles. The molecule has 0 radical (unpaired) electrons. The Morgan fingerprint density at radius 1 is 1.19 bits per heavy atom. The summed E-state index contributed by atoms with van der Waals surface area (Å²) in [6.45, 7) is 0.321. The van der Waals surface area contributed by atoms with E-state index in [-0.39, 0.29) is 29.0 Å². The number of esters is 1. The van der Waals surface area contributed by atoms with E-state index in [2.05, 4.69) is 9.38 Å². The zero-order chi connectivity index (χ0) is 22.3. The summed E-state index contributed by atoms with van der Waals surface area (Å²) in [6, 6.07) is 11.7. The smallest absolute Gasteiger partial charge is 0.329 e. The molecule has 0 amide bonds. The second kappa shape index (κ2) is 7.86. The average molecular weight is 455 g/mol. The third kappa shape index (κ3) is 3.66. The molecule has 0 aliphatic carbocycles. The summed E-state index contributed by atoms with van der Waals surface area (Å²) in [4.78, 5) is 18.7. The first-order chi connectivity index (χ1) is 15.4. The third-order valence-corrected chi connectivity index (χ3v) is 6.75. The number of hydrogen-bond donors (Lipinski definition) is 0. The topological polar surface area (TPSA) is 102 Å². The van der Waals surface area contributed by atoms with E-state index in [1.165, 1.54) is 24.4 Å². The van der Waals surface area contributed by atoms with Gasteiger partial charge in [-0.3, -0.25) is 0 Å². The van der Waals surface area contributed by atoms with Crippen molar-refractivity contribution < 1.29 is 26.8 Å². The van der Waals surface area contributed by atoms with Gasteiger partial charge in [0.15, 0.2) is 18.2 Å². The van der Waals surface area contributed by atoms with E-state index in [1.807, 2.05) is 0 Å². The highest BCUT2D eigenvalue weighted by atomic mass is 32.2. The second-order valence-corrected chi connectivity index (χ2v) is 9.04. The molecular weight excluding hydrogens is 437 g/mol. The largest absolute Gasteiger partial charge is 0.454 e. The fourth-order valence-corrected chi connectivity index (χ4v) is 5.13. The maximum atomic E-state index is 13.1. The van der Waals surface area contributed by atoms with Gasteiger partial charge in [-0.1, -0.05) is 12.1 Å². The van der Waals surface area contributed by atoms with Gasteiger partial charge in [0, 0.05) is 17.7 Å². The molecule has 164 valence electrons. The van der Waals surface area contributed by atoms with Gasteiger partial charge in [-0.15, -0.1) is 4.40 Å². The molecule has 10 heteroatoms. The molecule has 3 aromatic rings. The molecule has 1 aromatic heterocycles. The molecule has 5 rings (SSSR count). The lowest BCUT2D eigenvalue weighted by molar-refractivity contribution is -0.149. The van der Waals surface area contributed by atoms with E-state index >= 15 is 0 Å². The van der Waals surface area contributed by atoms with E-state index in [0.29, 0.717) is 36.3 Å². The first-order valence-corrected chi connectivity index (χ1v) is 11.4. The predicted octanol–water partition coefficient (Wildman–Crippen LogP) is 3.14. The van der Waals surface area contributed by atoms with Crippen LogP contribution in [0.2, 0.25) is 0 Å². The summed E-state index contributed by atoms with van der Waals surface area (Å²) in [5.74, 6) is 0.0446. The summed E-state index contributed by atoms with van der Waals surface area (Å²) in [7, 11) is -3.78. The lowest BCUT2D eigenvalue weighted by atomic mass is 10.1. The van der Waals surface area contributed by atoms with Crippen LogP contribution in [0.3, 0.4) is 0 Å². The number of likely N-dealkylation sites (tertiary alicyclic amines) is 1. The highest BCUT2D eigenvalue weighted by Crippen LogP contribution is 2.31. The van der Waals surface area contributed by atoms with Crippen molar-refractivity contribution in [2.45, 2.75) is 30.4 Å². The number of oxazole rings is 1. The summed E-state index contributed by atoms with van der Waals surface area (Å²) in [5.41, 5.74) is 1.14. The number of ether oxygens (including phenoxy) is 1. The minimum atomic E-state index is -3.78. The van der Waals surface area contributed by atoms with Crippen LogP contribution in [0.1, 0.15) is 24.3 Å². The Kier molecular flexibility index (Phi) is 5.01. The van der Waals surface area contributed by atoms with Gasteiger partial charge in [0.1, 0.15) is 16.8 Å². The molecule has 8 nitrogen and oxygen atoms in total. The van der Waals surface area contributed by atoms with Crippen molar-refractivity contribution >= 4 is 21.8 Å². The summed E-state index contributed by atoms with van der Waals surface area (Å²) < 4.78 is 52.7. The summed E-state index contributed by atoms with van der Waals surface area (Å²) >= 11 is 0. The fraction of sp³-hybridized carbons (Fsp3) is 0.227. The number of rotatable bonds is 4. The van der Waals surface area contributed by atoms with Crippen molar-refractivity contribution in [3.8, 4) is 11.3 Å².